The highest BCUT2D eigenvalue weighted by Crippen LogP contribution is 2.28. The molecule has 0 bridgehead atoms. The third-order valence-electron chi connectivity index (χ3n) is 3.32. The number of carbonyl (C=O) groups is 1. The Morgan fingerprint density at radius 1 is 1.44 bits per heavy atom. The van der Waals surface area contributed by atoms with E-state index in [9.17, 15) is 15.0 Å². The highest BCUT2D eigenvalue weighted by atomic mass is 79.9. The van der Waals surface area contributed by atoms with Crippen LogP contribution in [0, 0.1) is 5.92 Å². The van der Waals surface area contributed by atoms with E-state index in [1.165, 1.54) is 0 Å². The summed E-state index contributed by atoms with van der Waals surface area (Å²) in [6.45, 7) is 0.702. The van der Waals surface area contributed by atoms with Gasteiger partial charge in [-0.2, -0.15) is 0 Å². The van der Waals surface area contributed by atoms with Gasteiger partial charge >= 0.3 is 5.97 Å². The number of aliphatic hydroxyl groups excluding tert-OH is 1. The van der Waals surface area contributed by atoms with E-state index in [1.54, 1.807) is 12.1 Å². The van der Waals surface area contributed by atoms with Crippen molar-refractivity contribution in [1.29, 1.82) is 0 Å². The predicted molar refractivity (Wildman–Crippen MR) is 72.9 cm³/mol. The molecule has 3 N–H and O–H groups in total. The molecule has 98 valence electrons. The average Bonchev–Trinajstić information content (AvgIpc) is 2.72. The molecule has 0 spiro atoms. The van der Waals surface area contributed by atoms with E-state index in [0.29, 0.717) is 22.6 Å². The lowest BCUT2D eigenvalue weighted by Crippen LogP contribution is -2.15. The van der Waals surface area contributed by atoms with Gasteiger partial charge in [-0.25, -0.2) is 4.79 Å². The molecule has 1 aliphatic rings. The molecule has 2 atom stereocenters. The molecule has 0 radical (unpaired) electrons. The summed E-state index contributed by atoms with van der Waals surface area (Å²) in [5, 5.41) is 21.8. The number of rotatable bonds is 4. The number of benzene rings is 1. The van der Waals surface area contributed by atoms with E-state index in [0.717, 1.165) is 19.3 Å². The summed E-state index contributed by atoms with van der Waals surface area (Å²) in [4.78, 5) is 11.2. The number of hydrogen-bond acceptors (Lipinski definition) is 3. The third kappa shape index (κ3) is 3.03. The molecule has 1 fully saturated rings. The predicted octanol–water partition coefficient (Wildman–Crippen LogP) is 2.72. The van der Waals surface area contributed by atoms with Crippen molar-refractivity contribution in [2.45, 2.75) is 25.4 Å². The molecule has 0 amide bonds. The summed E-state index contributed by atoms with van der Waals surface area (Å²) < 4.78 is 0.575. The van der Waals surface area contributed by atoms with Gasteiger partial charge in [-0.1, -0.05) is 6.07 Å². The largest absolute Gasteiger partial charge is 0.478 e. The molecule has 1 aromatic carbocycles. The molecule has 0 aliphatic heterocycles. The number of hydrogen-bond donors (Lipinski definition) is 3. The highest BCUT2D eigenvalue weighted by molar-refractivity contribution is 9.10. The summed E-state index contributed by atoms with van der Waals surface area (Å²) in [5.41, 5.74) is 0.884. The van der Waals surface area contributed by atoms with Gasteiger partial charge in [0.1, 0.15) is 0 Å². The monoisotopic (exact) mass is 313 g/mol. The molecule has 2 unspecified atom stereocenters. The lowest BCUT2D eigenvalue weighted by Gasteiger charge is -2.14. The first-order valence-corrected chi connectivity index (χ1v) is 6.81. The van der Waals surface area contributed by atoms with Crippen molar-refractivity contribution in [2.24, 2.45) is 5.92 Å². The van der Waals surface area contributed by atoms with E-state index in [2.05, 4.69) is 21.2 Å². The van der Waals surface area contributed by atoms with Gasteiger partial charge in [0, 0.05) is 16.7 Å². The van der Waals surface area contributed by atoms with Crippen LogP contribution in [0.3, 0.4) is 0 Å². The Morgan fingerprint density at radius 3 is 2.83 bits per heavy atom. The fraction of sp³-hybridized carbons (Fsp3) is 0.462. The first-order valence-electron chi connectivity index (χ1n) is 6.01. The molecule has 5 heteroatoms. The lowest BCUT2D eigenvalue weighted by atomic mass is 10.1. The summed E-state index contributed by atoms with van der Waals surface area (Å²) in [7, 11) is 0. The Bertz CT molecular complexity index is 450. The molecule has 0 aromatic heterocycles. The second-order valence-corrected chi connectivity index (χ2v) is 5.54. The van der Waals surface area contributed by atoms with Crippen LogP contribution in [0.5, 0.6) is 0 Å². The van der Waals surface area contributed by atoms with Gasteiger partial charge in [0.15, 0.2) is 0 Å². The van der Waals surface area contributed by atoms with Gasteiger partial charge in [-0.05, 0) is 53.2 Å². The number of aliphatic hydroxyl groups is 1. The van der Waals surface area contributed by atoms with Crippen LogP contribution in [0.15, 0.2) is 22.7 Å². The Kier molecular flexibility index (Phi) is 4.24. The number of anilines is 1. The van der Waals surface area contributed by atoms with Crippen LogP contribution < -0.4 is 5.32 Å². The van der Waals surface area contributed by atoms with Gasteiger partial charge < -0.3 is 15.5 Å². The molecular formula is C13H16BrNO3. The van der Waals surface area contributed by atoms with E-state index in [1.807, 2.05) is 6.07 Å². The molecule has 1 saturated carbocycles. The van der Waals surface area contributed by atoms with Gasteiger partial charge in [-0.3, -0.25) is 0 Å². The quantitative estimate of drug-likeness (QED) is 0.799. The topological polar surface area (TPSA) is 69.6 Å². The molecule has 0 saturated heterocycles. The van der Waals surface area contributed by atoms with Crippen molar-refractivity contribution < 1.29 is 15.0 Å². The summed E-state index contributed by atoms with van der Waals surface area (Å²) >= 11 is 3.25. The van der Waals surface area contributed by atoms with E-state index in [-0.39, 0.29) is 11.7 Å². The number of carboxylic acids is 1. The normalized spacial score (nSPS) is 23.0. The molecule has 4 nitrogen and oxygen atoms in total. The molecule has 1 aliphatic carbocycles. The maximum atomic E-state index is 11.2. The molecule has 1 aromatic rings. The number of carboxylic acid groups (broad SMARTS) is 1. The van der Waals surface area contributed by atoms with Crippen LogP contribution in [-0.2, 0) is 0 Å². The number of nitrogens with one attached hydrogen (secondary N) is 1. The zero-order valence-corrected chi connectivity index (χ0v) is 11.5. The van der Waals surface area contributed by atoms with Crippen molar-refractivity contribution in [3.05, 3.63) is 28.2 Å². The Hall–Kier alpha value is -1.07. The minimum atomic E-state index is -0.948. The van der Waals surface area contributed by atoms with Gasteiger partial charge in [0.25, 0.3) is 0 Å². The molecular weight excluding hydrogens is 298 g/mol. The molecule has 18 heavy (non-hydrogen) atoms. The second kappa shape index (κ2) is 5.71. The van der Waals surface area contributed by atoms with Crippen LogP contribution in [0.1, 0.15) is 29.6 Å². The van der Waals surface area contributed by atoms with Crippen molar-refractivity contribution in [3.63, 3.8) is 0 Å². The third-order valence-corrected chi connectivity index (χ3v) is 3.98. The average molecular weight is 314 g/mol. The fourth-order valence-corrected chi connectivity index (χ4v) is 2.91. The number of halogens is 1. The van der Waals surface area contributed by atoms with Crippen LogP contribution in [0.4, 0.5) is 5.69 Å². The number of aromatic carboxylic acids is 1. The van der Waals surface area contributed by atoms with Crippen molar-refractivity contribution in [2.75, 3.05) is 11.9 Å². The highest BCUT2D eigenvalue weighted by Gasteiger charge is 2.23. The van der Waals surface area contributed by atoms with Crippen LogP contribution >= 0.6 is 15.9 Å². The molecule has 0 heterocycles. The Balaban J connectivity index is 2.05. The second-order valence-electron chi connectivity index (χ2n) is 4.68. The van der Waals surface area contributed by atoms with E-state index >= 15 is 0 Å². The summed E-state index contributed by atoms with van der Waals surface area (Å²) in [6.07, 6.45) is 2.43. The van der Waals surface area contributed by atoms with E-state index in [4.69, 9.17) is 0 Å². The van der Waals surface area contributed by atoms with Crippen LogP contribution in [0.2, 0.25) is 0 Å². The maximum absolute atomic E-state index is 11.2. The molecule has 2 rings (SSSR count). The summed E-state index contributed by atoms with van der Waals surface area (Å²) in [6, 6.07) is 5.29. The standard InChI is InChI=1S/C13H16BrNO3/c14-10-2-1-3-11(12(10)13(17)18)15-7-8-4-5-9(16)6-8/h1-3,8-9,15-16H,4-7H2,(H,17,18). The van der Waals surface area contributed by atoms with Gasteiger partial charge in [0.05, 0.1) is 11.7 Å². The maximum Gasteiger partial charge on any atom is 0.338 e. The van der Waals surface area contributed by atoms with Crippen molar-refractivity contribution >= 4 is 27.6 Å². The van der Waals surface area contributed by atoms with Crippen molar-refractivity contribution in [3.8, 4) is 0 Å². The van der Waals surface area contributed by atoms with Crippen LogP contribution in [-0.4, -0.2) is 28.8 Å². The first-order chi connectivity index (χ1) is 8.58. The van der Waals surface area contributed by atoms with Crippen molar-refractivity contribution in [1.82, 2.24) is 0 Å². The SMILES string of the molecule is O=C(O)c1c(Br)cccc1NCC1CCC(O)C1. The Labute approximate surface area is 114 Å². The Morgan fingerprint density at radius 2 is 2.22 bits per heavy atom. The smallest absolute Gasteiger partial charge is 0.338 e. The zero-order chi connectivity index (χ0) is 13.1. The first kappa shape index (κ1) is 13.4. The van der Waals surface area contributed by atoms with Gasteiger partial charge in [0.2, 0.25) is 0 Å². The summed E-state index contributed by atoms with van der Waals surface area (Å²) in [5.74, 6) is -0.531. The van der Waals surface area contributed by atoms with Crippen LogP contribution in [0.25, 0.3) is 0 Å². The lowest BCUT2D eigenvalue weighted by molar-refractivity contribution is 0.0697. The minimum absolute atomic E-state index is 0.196. The minimum Gasteiger partial charge on any atom is -0.478 e. The fourth-order valence-electron chi connectivity index (χ4n) is 2.38. The van der Waals surface area contributed by atoms with Gasteiger partial charge in [-0.15, -0.1) is 0 Å². The van der Waals surface area contributed by atoms with E-state index < -0.39 is 5.97 Å². The zero-order valence-electron chi connectivity index (χ0n) is 9.90.